The Morgan fingerprint density at radius 3 is 2.73 bits per heavy atom. The maximum absolute atomic E-state index is 5.62. The fourth-order valence-corrected chi connectivity index (χ4v) is 2.73. The van der Waals surface area contributed by atoms with Crippen LogP contribution in [0.15, 0.2) is 37.1 Å². The lowest BCUT2D eigenvalue weighted by molar-refractivity contribution is 0.156. The SMILES string of the molecule is C=CCN(CCc1c[nH]c2ccc(OCC)cc12)C(C)(C)C. The van der Waals surface area contributed by atoms with Crippen LogP contribution in [0.2, 0.25) is 0 Å². The maximum atomic E-state index is 5.62. The van der Waals surface area contributed by atoms with Gasteiger partial charge in [0.2, 0.25) is 0 Å². The van der Waals surface area contributed by atoms with Crippen molar-refractivity contribution in [2.24, 2.45) is 0 Å². The number of nitrogens with zero attached hydrogens (tertiary/aromatic N) is 1. The molecule has 120 valence electrons. The molecule has 3 heteroatoms. The fraction of sp³-hybridized carbons (Fsp3) is 0.474. The van der Waals surface area contributed by atoms with Gasteiger partial charge in [-0.3, -0.25) is 4.90 Å². The van der Waals surface area contributed by atoms with Crippen molar-refractivity contribution in [2.75, 3.05) is 19.7 Å². The van der Waals surface area contributed by atoms with Crippen LogP contribution in [0.4, 0.5) is 0 Å². The summed E-state index contributed by atoms with van der Waals surface area (Å²) in [5.41, 5.74) is 2.66. The molecule has 0 fully saturated rings. The minimum atomic E-state index is 0.150. The molecule has 0 atom stereocenters. The molecule has 0 aliphatic carbocycles. The topological polar surface area (TPSA) is 28.3 Å². The summed E-state index contributed by atoms with van der Waals surface area (Å²) in [5, 5.41) is 1.26. The van der Waals surface area contributed by atoms with Crippen LogP contribution in [-0.2, 0) is 6.42 Å². The van der Waals surface area contributed by atoms with Crippen LogP contribution < -0.4 is 4.74 Å². The molecule has 0 spiro atoms. The largest absolute Gasteiger partial charge is 0.494 e. The molecule has 0 saturated heterocycles. The van der Waals surface area contributed by atoms with Gasteiger partial charge in [-0.2, -0.15) is 0 Å². The van der Waals surface area contributed by atoms with Gasteiger partial charge in [0.1, 0.15) is 5.75 Å². The highest BCUT2D eigenvalue weighted by Gasteiger charge is 2.20. The van der Waals surface area contributed by atoms with Crippen LogP contribution in [0.3, 0.4) is 0 Å². The zero-order chi connectivity index (χ0) is 16.2. The second-order valence-electron chi connectivity index (χ2n) is 6.61. The van der Waals surface area contributed by atoms with Gasteiger partial charge in [-0.05, 0) is 57.9 Å². The summed E-state index contributed by atoms with van der Waals surface area (Å²) < 4.78 is 5.62. The summed E-state index contributed by atoms with van der Waals surface area (Å²) in [4.78, 5) is 5.81. The van der Waals surface area contributed by atoms with Crippen molar-refractivity contribution in [1.82, 2.24) is 9.88 Å². The Morgan fingerprint density at radius 2 is 2.09 bits per heavy atom. The second-order valence-corrected chi connectivity index (χ2v) is 6.61. The average Bonchev–Trinajstić information content (AvgIpc) is 2.85. The lowest BCUT2D eigenvalue weighted by Gasteiger charge is -2.34. The van der Waals surface area contributed by atoms with Crippen LogP contribution in [0.1, 0.15) is 33.3 Å². The lowest BCUT2D eigenvalue weighted by Crippen LogP contribution is -2.42. The number of nitrogens with one attached hydrogen (secondary N) is 1. The molecule has 22 heavy (non-hydrogen) atoms. The van der Waals surface area contributed by atoms with Crippen molar-refractivity contribution >= 4 is 10.9 Å². The first-order valence-corrected chi connectivity index (χ1v) is 8.04. The third-order valence-electron chi connectivity index (χ3n) is 4.00. The molecule has 1 aromatic carbocycles. The van der Waals surface area contributed by atoms with E-state index in [0.717, 1.165) is 25.3 Å². The van der Waals surface area contributed by atoms with E-state index in [-0.39, 0.29) is 5.54 Å². The Labute approximate surface area is 134 Å². The molecule has 0 unspecified atom stereocenters. The van der Waals surface area contributed by atoms with Gasteiger partial charge < -0.3 is 9.72 Å². The number of aromatic amines is 1. The Bertz CT molecular complexity index is 622. The monoisotopic (exact) mass is 300 g/mol. The number of aromatic nitrogens is 1. The normalized spacial score (nSPS) is 12.0. The smallest absolute Gasteiger partial charge is 0.120 e. The van der Waals surface area contributed by atoms with Gasteiger partial charge in [0.05, 0.1) is 6.61 Å². The minimum absolute atomic E-state index is 0.150. The van der Waals surface area contributed by atoms with E-state index in [1.807, 2.05) is 19.1 Å². The van der Waals surface area contributed by atoms with E-state index in [1.54, 1.807) is 0 Å². The molecule has 1 heterocycles. The van der Waals surface area contributed by atoms with Gasteiger partial charge in [-0.1, -0.05) is 6.08 Å². The zero-order valence-corrected chi connectivity index (χ0v) is 14.3. The van der Waals surface area contributed by atoms with Crippen molar-refractivity contribution in [3.05, 3.63) is 42.6 Å². The van der Waals surface area contributed by atoms with Gasteiger partial charge in [0.15, 0.2) is 0 Å². The first-order valence-electron chi connectivity index (χ1n) is 8.04. The summed E-state index contributed by atoms with van der Waals surface area (Å²) >= 11 is 0. The van der Waals surface area contributed by atoms with Crippen molar-refractivity contribution in [3.63, 3.8) is 0 Å². The van der Waals surface area contributed by atoms with E-state index in [9.17, 15) is 0 Å². The van der Waals surface area contributed by atoms with Crippen LogP contribution >= 0.6 is 0 Å². The predicted octanol–water partition coefficient (Wildman–Crippen LogP) is 4.40. The zero-order valence-electron chi connectivity index (χ0n) is 14.3. The Balaban J connectivity index is 2.16. The third-order valence-corrected chi connectivity index (χ3v) is 4.00. The van der Waals surface area contributed by atoms with Crippen molar-refractivity contribution in [1.29, 1.82) is 0 Å². The molecule has 0 aliphatic heterocycles. The first-order chi connectivity index (χ1) is 10.5. The molecule has 2 rings (SSSR count). The quantitative estimate of drug-likeness (QED) is 0.768. The highest BCUT2D eigenvalue weighted by Crippen LogP contribution is 2.25. The van der Waals surface area contributed by atoms with Gasteiger partial charge in [0.25, 0.3) is 0 Å². The van der Waals surface area contributed by atoms with E-state index in [4.69, 9.17) is 4.74 Å². The van der Waals surface area contributed by atoms with Crippen molar-refractivity contribution in [2.45, 2.75) is 39.7 Å². The molecule has 0 amide bonds. The van der Waals surface area contributed by atoms with E-state index in [2.05, 4.69) is 55.6 Å². The van der Waals surface area contributed by atoms with Crippen LogP contribution in [0, 0.1) is 0 Å². The molecule has 0 bridgehead atoms. The standard InChI is InChI=1S/C19H28N2O/c1-6-11-21(19(3,4)5)12-10-15-14-20-18-9-8-16(22-7-2)13-17(15)18/h6,8-9,13-14,20H,1,7,10-12H2,2-5H3. The molecular weight excluding hydrogens is 272 g/mol. The second kappa shape index (κ2) is 7.01. The summed E-state index contributed by atoms with van der Waals surface area (Å²) in [6, 6.07) is 6.25. The van der Waals surface area contributed by atoms with E-state index >= 15 is 0 Å². The molecule has 2 aromatic rings. The first kappa shape index (κ1) is 16.6. The average molecular weight is 300 g/mol. The predicted molar refractivity (Wildman–Crippen MR) is 94.7 cm³/mol. The van der Waals surface area contributed by atoms with Crippen LogP contribution in [0.25, 0.3) is 10.9 Å². The molecule has 0 radical (unpaired) electrons. The number of H-pyrrole nitrogens is 1. The van der Waals surface area contributed by atoms with E-state index < -0.39 is 0 Å². The van der Waals surface area contributed by atoms with E-state index in [1.165, 1.54) is 16.5 Å². The molecule has 1 N–H and O–H groups in total. The molecule has 3 nitrogen and oxygen atoms in total. The Kier molecular flexibility index (Phi) is 5.30. The lowest BCUT2D eigenvalue weighted by atomic mass is 10.0. The summed E-state index contributed by atoms with van der Waals surface area (Å²) in [6.07, 6.45) is 5.11. The third kappa shape index (κ3) is 3.92. The summed E-state index contributed by atoms with van der Waals surface area (Å²) in [6.45, 7) is 15.3. The van der Waals surface area contributed by atoms with Gasteiger partial charge in [0, 0.05) is 35.7 Å². The number of benzene rings is 1. The molecule has 0 aliphatic rings. The Hall–Kier alpha value is -1.74. The van der Waals surface area contributed by atoms with Crippen LogP contribution in [-0.4, -0.2) is 35.1 Å². The molecule has 0 saturated carbocycles. The summed E-state index contributed by atoms with van der Waals surface area (Å²) in [7, 11) is 0. The number of hydrogen-bond acceptors (Lipinski definition) is 2. The van der Waals surface area contributed by atoms with Crippen LogP contribution in [0.5, 0.6) is 5.75 Å². The highest BCUT2D eigenvalue weighted by atomic mass is 16.5. The fourth-order valence-electron chi connectivity index (χ4n) is 2.73. The minimum Gasteiger partial charge on any atom is -0.494 e. The summed E-state index contributed by atoms with van der Waals surface area (Å²) in [5.74, 6) is 0.939. The number of ether oxygens (including phenoxy) is 1. The number of hydrogen-bond donors (Lipinski definition) is 1. The number of fused-ring (bicyclic) bond motifs is 1. The Morgan fingerprint density at radius 1 is 1.32 bits per heavy atom. The van der Waals surface area contributed by atoms with Crippen molar-refractivity contribution < 1.29 is 4.74 Å². The van der Waals surface area contributed by atoms with E-state index in [0.29, 0.717) is 6.61 Å². The molecular formula is C19H28N2O. The van der Waals surface area contributed by atoms with Gasteiger partial charge in [-0.15, -0.1) is 6.58 Å². The van der Waals surface area contributed by atoms with Gasteiger partial charge in [-0.25, -0.2) is 0 Å². The maximum Gasteiger partial charge on any atom is 0.120 e. The number of rotatable bonds is 7. The van der Waals surface area contributed by atoms with Gasteiger partial charge >= 0.3 is 0 Å². The van der Waals surface area contributed by atoms with Crippen molar-refractivity contribution in [3.8, 4) is 5.75 Å². The highest BCUT2D eigenvalue weighted by molar-refractivity contribution is 5.84. The molecule has 1 aromatic heterocycles.